The summed E-state index contributed by atoms with van der Waals surface area (Å²) in [4.78, 5) is 63.8. The fourth-order valence-electron chi connectivity index (χ4n) is 3.59. The van der Waals surface area contributed by atoms with Gasteiger partial charge < -0.3 is 5.32 Å². The van der Waals surface area contributed by atoms with Gasteiger partial charge in [-0.2, -0.15) is 0 Å². The number of anilines is 1. The highest BCUT2D eigenvalue weighted by Gasteiger charge is 2.28. The van der Waals surface area contributed by atoms with E-state index in [1.165, 1.54) is 29.5 Å². The number of aromatic nitrogens is 1. The van der Waals surface area contributed by atoms with Crippen molar-refractivity contribution in [3.8, 4) is 0 Å². The minimum atomic E-state index is -0.939. The van der Waals surface area contributed by atoms with Crippen LogP contribution in [-0.4, -0.2) is 33.7 Å². The lowest BCUT2D eigenvalue weighted by Gasteiger charge is -2.13. The molecular formula is C25H14ClN5O6S2. The fourth-order valence-corrected chi connectivity index (χ4v) is 5.96. The smallest absolute Gasteiger partial charge is 0.322 e. The summed E-state index contributed by atoms with van der Waals surface area (Å²) in [6.45, 7) is 0. The summed E-state index contributed by atoms with van der Waals surface area (Å²) in [6.07, 6.45) is 1.16. The van der Waals surface area contributed by atoms with E-state index < -0.39 is 22.8 Å². The number of imide groups is 2. The van der Waals surface area contributed by atoms with E-state index >= 15 is 0 Å². The highest BCUT2D eigenvalue weighted by atomic mass is 35.5. The van der Waals surface area contributed by atoms with E-state index in [-0.39, 0.29) is 22.7 Å². The first-order valence-electron chi connectivity index (χ1n) is 11.0. The molecule has 1 aliphatic rings. The van der Waals surface area contributed by atoms with Gasteiger partial charge in [0.2, 0.25) is 0 Å². The molecule has 3 aromatic carbocycles. The third-order valence-corrected chi connectivity index (χ3v) is 7.85. The summed E-state index contributed by atoms with van der Waals surface area (Å²) < 4.78 is 1.28. The molecule has 4 aromatic rings. The number of carbonyl (C=O) groups is 4. The van der Waals surface area contributed by atoms with Crippen LogP contribution < -0.4 is 16.0 Å². The third kappa shape index (κ3) is 5.65. The normalized spacial score (nSPS) is 13.2. The SMILES string of the molecule is O=C1NC(=O)C(=Cc2ccc(Sc3nc4ccc(NC(=O)c5ccccc5Cl)cc4s3)c([N+](=O)[O-])c2)C(=O)N1. The number of hydrogen-bond acceptors (Lipinski definition) is 9. The molecule has 5 rings (SSSR count). The molecule has 0 atom stereocenters. The summed E-state index contributed by atoms with van der Waals surface area (Å²) in [5, 5.41) is 18.8. The second-order valence-electron chi connectivity index (χ2n) is 7.98. The van der Waals surface area contributed by atoms with Crippen LogP contribution in [0.2, 0.25) is 5.02 Å². The molecule has 1 saturated heterocycles. The van der Waals surface area contributed by atoms with Gasteiger partial charge in [0.05, 0.1) is 30.6 Å². The Morgan fingerprint density at radius 2 is 1.79 bits per heavy atom. The van der Waals surface area contributed by atoms with Crippen molar-refractivity contribution in [2.24, 2.45) is 0 Å². The van der Waals surface area contributed by atoms with Crippen molar-refractivity contribution in [1.29, 1.82) is 0 Å². The number of carbonyl (C=O) groups excluding carboxylic acids is 4. The Balaban J connectivity index is 1.38. The molecule has 14 heteroatoms. The molecule has 1 aliphatic heterocycles. The van der Waals surface area contributed by atoms with Gasteiger partial charge in [-0.15, -0.1) is 11.3 Å². The molecule has 39 heavy (non-hydrogen) atoms. The first kappa shape index (κ1) is 26.0. The van der Waals surface area contributed by atoms with Crippen LogP contribution in [0.5, 0.6) is 0 Å². The predicted molar refractivity (Wildman–Crippen MR) is 146 cm³/mol. The highest BCUT2D eigenvalue weighted by molar-refractivity contribution is 8.01. The van der Waals surface area contributed by atoms with Crippen molar-refractivity contribution in [1.82, 2.24) is 15.6 Å². The number of rotatable bonds is 6. The minimum absolute atomic E-state index is 0.226. The molecule has 1 fully saturated rings. The number of benzene rings is 3. The van der Waals surface area contributed by atoms with Crippen LogP contribution in [-0.2, 0) is 9.59 Å². The maximum atomic E-state index is 12.6. The van der Waals surface area contributed by atoms with Gasteiger partial charge in [-0.05, 0) is 48.0 Å². The Kier molecular flexibility index (Phi) is 7.11. The molecule has 0 spiro atoms. The van der Waals surface area contributed by atoms with Gasteiger partial charge in [-0.3, -0.25) is 35.1 Å². The van der Waals surface area contributed by atoms with Crippen molar-refractivity contribution >= 4 is 86.1 Å². The third-order valence-electron chi connectivity index (χ3n) is 5.38. The summed E-state index contributed by atoms with van der Waals surface area (Å²) >= 11 is 8.47. The zero-order chi connectivity index (χ0) is 27.7. The Hall–Kier alpha value is -4.59. The number of nitro benzene ring substituents is 1. The Morgan fingerprint density at radius 3 is 2.51 bits per heavy atom. The van der Waals surface area contributed by atoms with Gasteiger partial charge in [0.25, 0.3) is 23.4 Å². The van der Waals surface area contributed by atoms with Crippen molar-refractivity contribution in [2.45, 2.75) is 9.24 Å². The molecule has 0 unspecified atom stereocenters. The number of urea groups is 1. The lowest BCUT2D eigenvalue weighted by molar-refractivity contribution is -0.387. The number of halogens is 1. The summed E-state index contributed by atoms with van der Waals surface area (Å²) in [5.74, 6) is -2.16. The molecule has 5 amide bonds. The number of fused-ring (bicyclic) bond motifs is 1. The number of nitrogens with one attached hydrogen (secondary N) is 3. The van der Waals surface area contributed by atoms with Crippen LogP contribution >= 0.6 is 34.7 Å². The maximum absolute atomic E-state index is 12.6. The van der Waals surface area contributed by atoms with E-state index in [2.05, 4.69) is 10.3 Å². The molecular weight excluding hydrogens is 566 g/mol. The van der Waals surface area contributed by atoms with Crippen LogP contribution in [0.15, 0.2) is 75.5 Å². The van der Waals surface area contributed by atoms with Crippen molar-refractivity contribution in [3.05, 3.63) is 92.5 Å². The lowest BCUT2D eigenvalue weighted by Crippen LogP contribution is -2.51. The standard InChI is InChI=1S/C25H14ClN5O6S2/c26-16-4-2-1-3-14(16)21(32)27-13-6-7-17-20(11-13)39-25(28-17)38-19-8-5-12(10-18(19)31(36)37)9-15-22(33)29-24(35)30-23(15)34/h1-11H,(H,27,32)(H2,29,30,33,34,35). The van der Waals surface area contributed by atoms with Gasteiger partial charge in [0.15, 0.2) is 4.34 Å². The Bertz CT molecular complexity index is 1730. The topological polar surface area (TPSA) is 160 Å². The number of nitrogens with zero attached hydrogens (tertiary/aromatic N) is 2. The fraction of sp³-hybridized carbons (Fsp3) is 0. The van der Waals surface area contributed by atoms with Crippen LogP contribution in [0, 0.1) is 10.1 Å². The van der Waals surface area contributed by atoms with Crippen molar-refractivity contribution < 1.29 is 24.1 Å². The van der Waals surface area contributed by atoms with Gasteiger partial charge in [0, 0.05) is 11.8 Å². The van der Waals surface area contributed by atoms with E-state index in [0.29, 0.717) is 31.0 Å². The van der Waals surface area contributed by atoms with E-state index in [1.54, 1.807) is 42.5 Å². The largest absolute Gasteiger partial charge is 0.328 e. The summed E-state index contributed by atoms with van der Waals surface area (Å²) in [5.41, 5.74) is 1.13. The van der Waals surface area contributed by atoms with E-state index in [4.69, 9.17) is 11.6 Å². The number of thiazole rings is 1. The van der Waals surface area contributed by atoms with Gasteiger partial charge in [-0.1, -0.05) is 41.6 Å². The summed E-state index contributed by atoms with van der Waals surface area (Å²) in [6, 6.07) is 15.1. The van der Waals surface area contributed by atoms with Gasteiger partial charge in [0.1, 0.15) is 5.57 Å². The Labute approximate surface area is 232 Å². The summed E-state index contributed by atoms with van der Waals surface area (Å²) in [7, 11) is 0. The molecule has 0 radical (unpaired) electrons. The zero-order valence-corrected chi connectivity index (χ0v) is 21.8. The first-order valence-corrected chi connectivity index (χ1v) is 13.0. The lowest BCUT2D eigenvalue weighted by atomic mass is 10.1. The van der Waals surface area contributed by atoms with Crippen LogP contribution in [0.25, 0.3) is 16.3 Å². The second-order valence-corrected chi connectivity index (χ2v) is 10.7. The van der Waals surface area contributed by atoms with Gasteiger partial charge in [-0.25, -0.2) is 9.78 Å². The number of hydrogen-bond donors (Lipinski definition) is 3. The predicted octanol–water partition coefficient (Wildman–Crippen LogP) is 5.01. The van der Waals surface area contributed by atoms with E-state index in [0.717, 1.165) is 22.5 Å². The maximum Gasteiger partial charge on any atom is 0.328 e. The monoisotopic (exact) mass is 579 g/mol. The molecule has 0 bridgehead atoms. The minimum Gasteiger partial charge on any atom is -0.322 e. The van der Waals surface area contributed by atoms with Crippen molar-refractivity contribution in [2.75, 3.05) is 5.32 Å². The molecule has 11 nitrogen and oxygen atoms in total. The van der Waals surface area contributed by atoms with Crippen LogP contribution in [0.1, 0.15) is 15.9 Å². The quantitative estimate of drug-likeness (QED) is 0.124. The Morgan fingerprint density at radius 1 is 1.05 bits per heavy atom. The van der Waals surface area contributed by atoms with Gasteiger partial charge >= 0.3 is 6.03 Å². The number of barbiturate groups is 1. The molecule has 3 N–H and O–H groups in total. The second kappa shape index (κ2) is 10.6. The van der Waals surface area contributed by atoms with E-state index in [1.807, 2.05) is 10.6 Å². The average Bonchev–Trinajstić information content (AvgIpc) is 3.28. The van der Waals surface area contributed by atoms with Crippen LogP contribution in [0.4, 0.5) is 16.2 Å². The molecule has 194 valence electrons. The van der Waals surface area contributed by atoms with Crippen molar-refractivity contribution in [3.63, 3.8) is 0 Å². The molecule has 0 aliphatic carbocycles. The zero-order valence-electron chi connectivity index (χ0n) is 19.4. The number of nitro groups is 1. The first-order chi connectivity index (χ1) is 18.7. The van der Waals surface area contributed by atoms with Crippen LogP contribution in [0.3, 0.4) is 0 Å². The molecule has 2 heterocycles. The molecule has 0 saturated carbocycles. The highest BCUT2D eigenvalue weighted by Crippen LogP contribution is 2.40. The number of amides is 5. The molecule has 1 aromatic heterocycles. The van der Waals surface area contributed by atoms with E-state index in [9.17, 15) is 29.3 Å². The average molecular weight is 580 g/mol.